The molecule has 2 atom stereocenters. The lowest BCUT2D eigenvalue weighted by atomic mass is 9.89. The number of amides is 2. The molecule has 4 heterocycles. The van der Waals surface area contributed by atoms with Crippen molar-refractivity contribution in [3.63, 3.8) is 0 Å². The SMILES string of the molecule is Cc1cc(-c2n[nH]c3cc4c(cc23)CN(C2CN(CC(F)(F)F)CC2C(C)C)C(=O)N4)ccn1. The molecule has 180 valence electrons. The van der Waals surface area contributed by atoms with E-state index in [1.165, 1.54) is 4.90 Å². The highest BCUT2D eigenvalue weighted by atomic mass is 19.4. The number of aromatic amines is 1. The number of likely N-dealkylation sites (tertiary alicyclic amines) is 1. The fourth-order valence-corrected chi connectivity index (χ4v) is 5.24. The number of carbonyl (C=O) groups excluding carboxylic acids is 1. The normalized spacial score (nSPS) is 21.4. The molecule has 2 amide bonds. The summed E-state index contributed by atoms with van der Waals surface area (Å²) in [7, 11) is 0. The number of halogens is 3. The van der Waals surface area contributed by atoms with E-state index in [0.717, 1.165) is 33.4 Å². The number of benzene rings is 1. The molecule has 2 N–H and O–H groups in total. The number of carbonyl (C=O) groups is 1. The molecule has 2 aromatic heterocycles. The Morgan fingerprint density at radius 2 is 2.00 bits per heavy atom. The van der Waals surface area contributed by atoms with Crippen molar-refractivity contribution >= 4 is 22.6 Å². The van der Waals surface area contributed by atoms with Crippen LogP contribution in [0.15, 0.2) is 30.5 Å². The maximum Gasteiger partial charge on any atom is 0.401 e. The molecule has 0 radical (unpaired) electrons. The summed E-state index contributed by atoms with van der Waals surface area (Å²) in [5.74, 6) is 0.109. The third kappa shape index (κ3) is 4.22. The molecule has 2 aliphatic heterocycles. The molecule has 2 unspecified atom stereocenters. The maximum atomic E-state index is 13.1. The average molecular weight is 473 g/mol. The second kappa shape index (κ2) is 8.26. The Hall–Kier alpha value is -3.14. The Bertz CT molecular complexity index is 1240. The van der Waals surface area contributed by atoms with E-state index in [0.29, 0.717) is 18.8 Å². The molecule has 2 aliphatic rings. The maximum absolute atomic E-state index is 13.1. The lowest BCUT2D eigenvalue weighted by molar-refractivity contribution is -0.144. The number of nitrogens with one attached hydrogen (secondary N) is 2. The molecule has 0 bridgehead atoms. The first-order valence-electron chi connectivity index (χ1n) is 11.4. The summed E-state index contributed by atoms with van der Waals surface area (Å²) in [6, 6.07) is 7.17. The number of fused-ring (bicyclic) bond motifs is 2. The number of nitrogens with zero attached hydrogens (tertiary/aromatic N) is 4. The van der Waals surface area contributed by atoms with E-state index in [-0.39, 0.29) is 30.5 Å². The number of alkyl halides is 3. The molecular weight excluding hydrogens is 445 g/mol. The first kappa shape index (κ1) is 22.6. The number of H-pyrrole nitrogens is 1. The van der Waals surface area contributed by atoms with Crippen LogP contribution in [0.25, 0.3) is 22.2 Å². The van der Waals surface area contributed by atoms with Crippen molar-refractivity contribution in [1.82, 2.24) is 25.0 Å². The predicted octanol–water partition coefficient (Wildman–Crippen LogP) is 4.80. The molecule has 1 aromatic carbocycles. The Labute approximate surface area is 195 Å². The Morgan fingerprint density at radius 1 is 1.21 bits per heavy atom. The monoisotopic (exact) mass is 472 g/mol. The standard InChI is InChI=1S/C24H27F3N6O/c1-13(2)18-10-32(12-24(25,26)27)11-21(18)33-9-16-7-17-20(8-19(16)29-23(33)34)30-31-22(17)15-4-5-28-14(3)6-15/h4-8,13,18,21H,9-12H2,1-3H3,(H,29,34)(H,30,31). The van der Waals surface area contributed by atoms with Gasteiger partial charge >= 0.3 is 12.2 Å². The van der Waals surface area contributed by atoms with Crippen molar-refractivity contribution in [3.8, 4) is 11.3 Å². The van der Waals surface area contributed by atoms with Crippen LogP contribution in [0, 0.1) is 18.8 Å². The molecule has 7 nitrogen and oxygen atoms in total. The molecule has 3 aromatic rings. The molecular formula is C24H27F3N6O. The minimum absolute atomic E-state index is 0.0392. The van der Waals surface area contributed by atoms with E-state index in [1.807, 2.05) is 45.0 Å². The molecule has 1 saturated heterocycles. The van der Waals surface area contributed by atoms with Crippen LogP contribution in [0.4, 0.5) is 23.7 Å². The molecule has 0 aliphatic carbocycles. The van der Waals surface area contributed by atoms with Crippen molar-refractivity contribution in [1.29, 1.82) is 0 Å². The zero-order chi connectivity index (χ0) is 24.2. The largest absolute Gasteiger partial charge is 0.401 e. The minimum atomic E-state index is -4.26. The second-order valence-electron chi connectivity index (χ2n) is 9.66. The van der Waals surface area contributed by atoms with E-state index < -0.39 is 12.7 Å². The highest BCUT2D eigenvalue weighted by Gasteiger charge is 2.44. The number of hydrogen-bond acceptors (Lipinski definition) is 4. The summed E-state index contributed by atoms with van der Waals surface area (Å²) in [6.45, 7) is 5.84. The molecule has 0 saturated carbocycles. The van der Waals surface area contributed by atoms with Crippen molar-refractivity contribution < 1.29 is 18.0 Å². The van der Waals surface area contributed by atoms with Crippen LogP contribution in [-0.4, -0.2) is 62.9 Å². The van der Waals surface area contributed by atoms with Crippen LogP contribution in [-0.2, 0) is 6.54 Å². The predicted molar refractivity (Wildman–Crippen MR) is 123 cm³/mol. The molecule has 34 heavy (non-hydrogen) atoms. The number of anilines is 1. The highest BCUT2D eigenvalue weighted by Crippen LogP contribution is 2.37. The summed E-state index contributed by atoms with van der Waals surface area (Å²) in [5, 5.41) is 11.4. The van der Waals surface area contributed by atoms with Crippen LogP contribution >= 0.6 is 0 Å². The van der Waals surface area contributed by atoms with Gasteiger partial charge in [-0.15, -0.1) is 0 Å². The first-order chi connectivity index (χ1) is 16.1. The molecule has 5 rings (SSSR count). The van der Waals surface area contributed by atoms with E-state index in [1.54, 1.807) is 11.1 Å². The summed E-state index contributed by atoms with van der Waals surface area (Å²) < 4.78 is 39.2. The topological polar surface area (TPSA) is 77.2 Å². The van der Waals surface area contributed by atoms with Gasteiger partial charge in [0.15, 0.2) is 0 Å². The molecule has 0 spiro atoms. The number of pyridine rings is 1. The Kier molecular flexibility index (Phi) is 5.50. The van der Waals surface area contributed by atoms with Crippen LogP contribution in [0.1, 0.15) is 25.1 Å². The van der Waals surface area contributed by atoms with Gasteiger partial charge in [-0.1, -0.05) is 13.8 Å². The van der Waals surface area contributed by atoms with Crippen LogP contribution < -0.4 is 5.32 Å². The van der Waals surface area contributed by atoms with Gasteiger partial charge in [0.2, 0.25) is 0 Å². The summed E-state index contributed by atoms with van der Waals surface area (Å²) >= 11 is 0. The van der Waals surface area contributed by atoms with Crippen LogP contribution in [0.3, 0.4) is 0 Å². The number of rotatable bonds is 4. The fraction of sp³-hybridized carbons (Fsp3) is 0.458. The Morgan fingerprint density at radius 3 is 2.71 bits per heavy atom. The summed E-state index contributed by atoms with van der Waals surface area (Å²) in [5.41, 5.74) is 5.03. The third-order valence-corrected chi connectivity index (χ3v) is 6.87. The van der Waals surface area contributed by atoms with Crippen molar-refractivity contribution in [2.45, 2.75) is 39.5 Å². The molecule has 1 fully saturated rings. The smallest absolute Gasteiger partial charge is 0.316 e. The van der Waals surface area contributed by atoms with Gasteiger partial charge in [0.1, 0.15) is 5.69 Å². The number of hydrogen-bond donors (Lipinski definition) is 2. The van der Waals surface area contributed by atoms with Gasteiger partial charge in [-0.05, 0) is 48.6 Å². The van der Waals surface area contributed by atoms with Gasteiger partial charge in [0.25, 0.3) is 0 Å². The van der Waals surface area contributed by atoms with E-state index in [4.69, 9.17) is 0 Å². The van der Waals surface area contributed by atoms with E-state index >= 15 is 0 Å². The van der Waals surface area contributed by atoms with Crippen molar-refractivity contribution in [2.24, 2.45) is 11.8 Å². The van der Waals surface area contributed by atoms with E-state index in [9.17, 15) is 18.0 Å². The van der Waals surface area contributed by atoms with Crippen molar-refractivity contribution in [2.75, 3.05) is 25.0 Å². The number of aryl methyl sites for hydroxylation is 1. The lowest BCUT2D eigenvalue weighted by Crippen LogP contribution is -2.49. The van der Waals surface area contributed by atoms with Gasteiger partial charge in [-0.25, -0.2) is 4.79 Å². The molecule has 10 heteroatoms. The third-order valence-electron chi connectivity index (χ3n) is 6.87. The second-order valence-corrected chi connectivity index (χ2v) is 9.66. The lowest BCUT2D eigenvalue weighted by Gasteiger charge is -2.37. The van der Waals surface area contributed by atoms with Gasteiger partial charge in [-0.2, -0.15) is 18.3 Å². The van der Waals surface area contributed by atoms with Crippen LogP contribution in [0.5, 0.6) is 0 Å². The van der Waals surface area contributed by atoms with Crippen LogP contribution in [0.2, 0.25) is 0 Å². The first-order valence-corrected chi connectivity index (χ1v) is 11.4. The van der Waals surface area contributed by atoms with Gasteiger partial charge in [-0.3, -0.25) is 15.0 Å². The number of aromatic nitrogens is 3. The fourth-order valence-electron chi connectivity index (χ4n) is 5.24. The summed E-state index contributed by atoms with van der Waals surface area (Å²) in [4.78, 5) is 20.4. The average Bonchev–Trinajstić information content (AvgIpc) is 3.34. The minimum Gasteiger partial charge on any atom is -0.316 e. The van der Waals surface area contributed by atoms with E-state index in [2.05, 4.69) is 20.5 Å². The highest BCUT2D eigenvalue weighted by molar-refractivity contribution is 6.00. The summed E-state index contributed by atoms with van der Waals surface area (Å²) in [6.07, 6.45) is -2.52. The number of urea groups is 1. The Balaban J connectivity index is 1.47. The van der Waals surface area contributed by atoms with Gasteiger partial charge < -0.3 is 10.2 Å². The zero-order valence-corrected chi connectivity index (χ0v) is 19.3. The van der Waals surface area contributed by atoms with Crippen molar-refractivity contribution in [3.05, 3.63) is 41.7 Å². The zero-order valence-electron chi connectivity index (χ0n) is 19.3. The van der Waals surface area contributed by atoms with Gasteiger partial charge in [0, 0.05) is 48.2 Å². The van der Waals surface area contributed by atoms with Gasteiger partial charge in [0.05, 0.1) is 18.1 Å². The quantitative estimate of drug-likeness (QED) is 0.572.